The van der Waals surface area contributed by atoms with Crippen LogP contribution in [0.3, 0.4) is 0 Å². The average molecular weight is 590 g/mol. The van der Waals surface area contributed by atoms with E-state index >= 15 is 0 Å². The monoisotopic (exact) mass is 589 g/mol. The Kier molecular flexibility index (Phi) is 10.7. The topological polar surface area (TPSA) is 134 Å². The second kappa shape index (κ2) is 14.2. The molecule has 9 nitrogen and oxygen atoms in total. The molecule has 1 heterocycles. The SMILES string of the molecule is COc1ccc(CC(C(CNC(=O)c2ccccc2O)NC(=O)[C@@H]2NCCS2)S(=O)(=O)CC2CCCCC2)cc1. The highest BCUT2D eigenvalue weighted by Crippen LogP contribution is 2.28. The van der Waals surface area contributed by atoms with E-state index in [4.69, 9.17) is 4.74 Å². The van der Waals surface area contributed by atoms with Gasteiger partial charge in [-0.1, -0.05) is 43.5 Å². The van der Waals surface area contributed by atoms with Gasteiger partial charge >= 0.3 is 0 Å². The Morgan fingerprint density at radius 3 is 2.48 bits per heavy atom. The third-order valence-corrected chi connectivity index (χ3v) is 11.1. The summed E-state index contributed by atoms with van der Waals surface area (Å²) in [6.45, 7) is 0.577. The van der Waals surface area contributed by atoms with Crippen LogP contribution in [-0.2, 0) is 21.1 Å². The average Bonchev–Trinajstić information content (AvgIpc) is 3.50. The molecule has 2 unspecified atom stereocenters. The van der Waals surface area contributed by atoms with Crippen LogP contribution in [0.4, 0.5) is 0 Å². The molecule has 2 aromatic rings. The summed E-state index contributed by atoms with van der Waals surface area (Å²) in [4.78, 5) is 26.2. The van der Waals surface area contributed by atoms with Crippen LogP contribution >= 0.6 is 11.8 Å². The molecule has 0 radical (unpaired) electrons. The van der Waals surface area contributed by atoms with E-state index in [-0.39, 0.29) is 41.9 Å². The highest BCUT2D eigenvalue weighted by atomic mass is 32.2. The molecular formula is C29H39N3O6S2. The molecule has 40 heavy (non-hydrogen) atoms. The highest BCUT2D eigenvalue weighted by Gasteiger charge is 2.38. The molecule has 1 saturated heterocycles. The molecule has 2 aromatic carbocycles. The van der Waals surface area contributed by atoms with Crippen molar-refractivity contribution in [2.75, 3.05) is 31.7 Å². The zero-order valence-electron chi connectivity index (χ0n) is 22.8. The maximum Gasteiger partial charge on any atom is 0.255 e. The number of ether oxygens (including phenoxy) is 1. The molecule has 3 atom stereocenters. The Hall–Kier alpha value is -2.76. The highest BCUT2D eigenvalue weighted by molar-refractivity contribution is 8.00. The van der Waals surface area contributed by atoms with Crippen LogP contribution in [0.5, 0.6) is 11.5 Å². The third kappa shape index (κ3) is 8.14. The van der Waals surface area contributed by atoms with Crippen molar-refractivity contribution in [3.8, 4) is 11.5 Å². The summed E-state index contributed by atoms with van der Waals surface area (Å²) in [5.74, 6) is 0.541. The maximum absolute atomic E-state index is 14.1. The third-order valence-electron chi connectivity index (χ3n) is 7.61. The zero-order valence-corrected chi connectivity index (χ0v) is 24.4. The molecule has 2 fully saturated rings. The summed E-state index contributed by atoms with van der Waals surface area (Å²) in [6, 6.07) is 12.5. The van der Waals surface area contributed by atoms with Crippen LogP contribution in [0.2, 0.25) is 0 Å². The number of carbonyl (C=O) groups is 2. The predicted molar refractivity (Wildman–Crippen MR) is 157 cm³/mol. The summed E-state index contributed by atoms with van der Waals surface area (Å²) in [7, 11) is -2.13. The number of hydrogen-bond donors (Lipinski definition) is 4. The molecule has 1 aliphatic heterocycles. The number of rotatable bonds is 12. The van der Waals surface area contributed by atoms with E-state index in [1.165, 1.54) is 23.9 Å². The van der Waals surface area contributed by atoms with Crippen molar-refractivity contribution in [3.05, 3.63) is 59.7 Å². The summed E-state index contributed by atoms with van der Waals surface area (Å²) in [5.41, 5.74) is 0.870. The van der Waals surface area contributed by atoms with Gasteiger partial charge in [-0.05, 0) is 55.0 Å². The van der Waals surface area contributed by atoms with E-state index in [1.54, 1.807) is 31.4 Å². The Morgan fingerprint density at radius 1 is 1.10 bits per heavy atom. The van der Waals surface area contributed by atoms with Crippen molar-refractivity contribution in [2.45, 2.75) is 55.2 Å². The van der Waals surface area contributed by atoms with Crippen LogP contribution in [0, 0.1) is 5.92 Å². The van der Waals surface area contributed by atoms with Crippen LogP contribution in [-0.4, -0.2) is 73.7 Å². The van der Waals surface area contributed by atoms with Crippen LogP contribution in [0.15, 0.2) is 48.5 Å². The number of sulfone groups is 1. The number of nitrogens with one attached hydrogen (secondary N) is 3. The number of hydrogen-bond acceptors (Lipinski definition) is 8. The number of carbonyl (C=O) groups excluding carboxylic acids is 2. The van der Waals surface area contributed by atoms with Gasteiger partial charge in [0.15, 0.2) is 9.84 Å². The van der Waals surface area contributed by atoms with Crippen molar-refractivity contribution < 1.29 is 27.9 Å². The second-order valence-corrected chi connectivity index (χ2v) is 13.9. The van der Waals surface area contributed by atoms with Gasteiger partial charge in [-0.15, -0.1) is 11.8 Å². The lowest BCUT2D eigenvalue weighted by Crippen LogP contribution is -2.56. The first kappa shape index (κ1) is 30.2. The van der Waals surface area contributed by atoms with Crippen molar-refractivity contribution in [2.24, 2.45) is 5.92 Å². The van der Waals surface area contributed by atoms with E-state index in [0.29, 0.717) is 12.3 Å². The number of benzene rings is 2. The lowest BCUT2D eigenvalue weighted by Gasteiger charge is -2.31. The van der Waals surface area contributed by atoms with Crippen LogP contribution < -0.4 is 20.7 Å². The second-order valence-electron chi connectivity index (χ2n) is 10.5. The predicted octanol–water partition coefficient (Wildman–Crippen LogP) is 2.88. The molecule has 218 valence electrons. The minimum absolute atomic E-state index is 0.0457. The van der Waals surface area contributed by atoms with E-state index < -0.39 is 32.4 Å². The number of methoxy groups -OCH3 is 1. The number of phenolic OH excluding ortho intramolecular Hbond substituents is 1. The molecule has 4 rings (SSSR count). The minimum atomic E-state index is -3.70. The lowest BCUT2D eigenvalue weighted by atomic mass is 9.91. The summed E-state index contributed by atoms with van der Waals surface area (Å²) in [6.07, 6.45) is 5.07. The maximum atomic E-state index is 14.1. The standard InChI is InChI=1S/C29H39N3O6S2/c1-38-22-13-11-20(12-14-22)17-26(40(36,37)19-21-7-3-2-4-8-21)24(32-28(35)29-30-15-16-39-29)18-31-27(34)23-9-5-6-10-25(23)33/h5-6,9-14,21,24,26,29-30,33H,2-4,7-8,15-19H2,1H3,(H,31,34)(H,32,35)/t24?,26?,29-/m1/s1. The van der Waals surface area contributed by atoms with E-state index in [9.17, 15) is 23.1 Å². The molecular weight excluding hydrogens is 550 g/mol. The summed E-state index contributed by atoms with van der Waals surface area (Å²) < 4.78 is 33.4. The van der Waals surface area contributed by atoms with E-state index in [2.05, 4.69) is 16.0 Å². The Balaban J connectivity index is 1.63. The quantitative estimate of drug-likeness (QED) is 0.297. The van der Waals surface area contributed by atoms with Crippen LogP contribution in [0.25, 0.3) is 0 Å². The first-order chi connectivity index (χ1) is 19.3. The Morgan fingerprint density at radius 2 is 1.82 bits per heavy atom. The van der Waals surface area contributed by atoms with Gasteiger partial charge in [-0.25, -0.2) is 8.42 Å². The number of phenols is 1. The van der Waals surface area contributed by atoms with Crippen molar-refractivity contribution in [1.82, 2.24) is 16.0 Å². The molecule has 0 aromatic heterocycles. The smallest absolute Gasteiger partial charge is 0.255 e. The van der Waals surface area contributed by atoms with Gasteiger partial charge in [0.1, 0.15) is 16.9 Å². The molecule has 1 aliphatic carbocycles. The molecule has 0 spiro atoms. The number of amides is 2. The Labute approximate surface area is 240 Å². The Bertz CT molecular complexity index is 1240. The largest absolute Gasteiger partial charge is 0.507 e. The normalized spacial score (nSPS) is 19.5. The van der Waals surface area contributed by atoms with Gasteiger partial charge in [-0.3, -0.25) is 14.9 Å². The zero-order chi connectivity index (χ0) is 28.5. The van der Waals surface area contributed by atoms with E-state index in [1.807, 2.05) is 12.1 Å². The molecule has 11 heteroatoms. The van der Waals surface area contributed by atoms with Gasteiger partial charge in [0.05, 0.1) is 29.7 Å². The first-order valence-corrected chi connectivity index (χ1v) is 16.6. The van der Waals surface area contributed by atoms with Gasteiger partial charge in [-0.2, -0.15) is 0 Å². The van der Waals surface area contributed by atoms with Gasteiger partial charge in [0, 0.05) is 18.8 Å². The minimum Gasteiger partial charge on any atom is -0.507 e. The van der Waals surface area contributed by atoms with Gasteiger partial charge in [0.25, 0.3) is 5.91 Å². The summed E-state index contributed by atoms with van der Waals surface area (Å²) in [5, 5.41) is 17.6. The number of thioether (sulfide) groups is 1. The number of para-hydroxylation sites is 1. The fraction of sp³-hybridized carbons (Fsp3) is 0.517. The molecule has 1 saturated carbocycles. The molecule has 2 amide bonds. The lowest BCUT2D eigenvalue weighted by molar-refractivity contribution is -0.121. The molecule has 0 bridgehead atoms. The van der Waals surface area contributed by atoms with Crippen molar-refractivity contribution in [1.29, 1.82) is 0 Å². The molecule has 2 aliphatic rings. The fourth-order valence-corrected chi connectivity index (χ4v) is 8.69. The van der Waals surface area contributed by atoms with Gasteiger partial charge < -0.3 is 20.5 Å². The van der Waals surface area contributed by atoms with Crippen molar-refractivity contribution >= 4 is 33.4 Å². The van der Waals surface area contributed by atoms with Crippen molar-refractivity contribution in [3.63, 3.8) is 0 Å². The summed E-state index contributed by atoms with van der Waals surface area (Å²) >= 11 is 1.46. The number of aromatic hydroxyl groups is 1. The van der Waals surface area contributed by atoms with E-state index in [0.717, 1.165) is 43.4 Å². The first-order valence-electron chi connectivity index (χ1n) is 13.8. The fourth-order valence-electron chi connectivity index (χ4n) is 5.41. The van der Waals surface area contributed by atoms with Gasteiger partial charge in [0.2, 0.25) is 5.91 Å². The van der Waals surface area contributed by atoms with Crippen LogP contribution in [0.1, 0.15) is 48.0 Å². The molecule has 4 N–H and O–H groups in total.